The van der Waals surface area contributed by atoms with Crippen LogP contribution < -0.4 is 5.32 Å². The van der Waals surface area contributed by atoms with Gasteiger partial charge in [-0.3, -0.25) is 0 Å². The summed E-state index contributed by atoms with van der Waals surface area (Å²) in [5.41, 5.74) is 2.58. The largest absolute Gasteiger partial charge is 0.416 e. The third-order valence-corrected chi connectivity index (χ3v) is 3.02. The highest BCUT2D eigenvalue weighted by molar-refractivity contribution is 5.25. The maximum atomic E-state index is 12.4. The molecule has 0 unspecified atom stereocenters. The Kier molecular flexibility index (Phi) is 4.45. The number of aryl methyl sites for hydroxylation is 1. The molecular weight excluding hydrogens is 263 g/mol. The van der Waals surface area contributed by atoms with E-state index in [1.807, 2.05) is 25.1 Å². The summed E-state index contributed by atoms with van der Waals surface area (Å²) in [6, 6.07) is 13.4. The summed E-state index contributed by atoms with van der Waals surface area (Å²) in [5, 5.41) is 3.22. The van der Waals surface area contributed by atoms with Crippen LogP contribution in [0.5, 0.6) is 0 Å². The molecule has 0 aliphatic carbocycles. The molecule has 0 aromatic heterocycles. The SMILES string of the molecule is Cc1cccc(CNCc2ccc(C(F)(F)F)cc2)c1. The quantitative estimate of drug-likeness (QED) is 0.879. The predicted octanol–water partition coefficient (Wildman–Crippen LogP) is 4.30. The number of hydrogen-bond donors (Lipinski definition) is 1. The Hall–Kier alpha value is -1.81. The first-order valence-corrected chi connectivity index (χ1v) is 6.37. The van der Waals surface area contributed by atoms with E-state index in [-0.39, 0.29) is 0 Å². The van der Waals surface area contributed by atoms with E-state index in [0.29, 0.717) is 13.1 Å². The van der Waals surface area contributed by atoms with Crippen molar-refractivity contribution in [3.05, 3.63) is 70.8 Å². The smallest absolute Gasteiger partial charge is 0.309 e. The van der Waals surface area contributed by atoms with E-state index in [1.165, 1.54) is 17.7 Å². The van der Waals surface area contributed by atoms with E-state index in [0.717, 1.165) is 23.3 Å². The molecular formula is C16H16F3N. The van der Waals surface area contributed by atoms with Crippen LogP contribution in [0.4, 0.5) is 13.2 Å². The van der Waals surface area contributed by atoms with E-state index >= 15 is 0 Å². The molecule has 0 atom stereocenters. The van der Waals surface area contributed by atoms with Crippen LogP contribution in [0.1, 0.15) is 22.3 Å². The highest BCUT2D eigenvalue weighted by atomic mass is 19.4. The molecule has 0 spiro atoms. The Morgan fingerprint density at radius 3 is 2.15 bits per heavy atom. The fourth-order valence-corrected chi connectivity index (χ4v) is 1.98. The second-order valence-electron chi connectivity index (χ2n) is 4.79. The summed E-state index contributed by atoms with van der Waals surface area (Å²) in [5.74, 6) is 0. The number of rotatable bonds is 4. The van der Waals surface area contributed by atoms with Crippen LogP contribution in [0, 0.1) is 6.92 Å². The minimum absolute atomic E-state index is 0.548. The molecule has 0 amide bonds. The fraction of sp³-hybridized carbons (Fsp3) is 0.250. The molecule has 2 rings (SSSR count). The van der Waals surface area contributed by atoms with Crippen molar-refractivity contribution in [2.45, 2.75) is 26.2 Å². The second kappa shape index (κ2) is 6.09. The van der Waals surface area contributed by atoms with Gasteiger partial charge in [-0.15, -0.1) is 0 Å². The molecule has 1 N–H and O–H groups in total. The highest BCUT2D eigenvalue weighted by Gasteiger charge is 2.29. The van der Waals surface area contributed by atoms with Crippen molar-refractivity contribution in [1.82, 2.24) is 5.32 Å². The molecule has 2 aromatic carbocycles. The average molecular weight is 279 g/mol. The van der Waals surface area contributed by atoms with Gasteiger partial charge in [0.1, 0.15) is 0 Å². The first-order valence-electron chi connectivity index (χ1n) is 6.37. The average Bonchev–Trinajstić information content (AvgIpc) is 2.38. The Morgan fingerprint density at radius 1 is 0.900 bits per heavy atom. The molecule has 1 nitrogen and oxygen atoms in total. The lowest BCUT2D eigenvalue weighted by Gasteiger charge is -2.09. The zero-order chi connectivity index (χ0) is 14.6. The van der Waals surface area contributed by atoms with Crippen molar-refractivity contribution in [3.63, 3.8) is 0 Å². The zero-order valence-electron chi connectivity index (χ0n) is 11.2. The van der Waals surface area contributed by atoms with Gasteiger partial charge in [-0.2, -0.15) is 13.2 Å². The molecule has 0 fully saturated rings. The number of alkyl halides is 3. The molecule has 0 heterocycles. The molecule has 0 radical (unpaired) electrons. The lowest BCUT2D eigenvalue weighted by atomic mass is 10.1. The number of benzene rings is 2. The third kappa shape index (κ3) is 4.10. The molecule has 20 heavy (non-hydrogen) atoms. The normalized spacial score (nSPS) is 11.6. The van der Waals surface area contributed by atoms with Gasteiger partial charge in [0.2, 0.25) is 0 Å². The summed E-state index contributed by atoms with van der Waals surface area (Å²) in [4.78, 5) is 0. The van der Waals surface area contributed by atoms with Crippen LogP contribution in [-0.2, 0) is 19.3 Å². The molecule has 0 bridgehead atoms. The Balaban J connectivity index is 1.88. The minimum Gasteiger partial charge on any atom is -0.309 e. The maximum absolute atomic E-state index is 12.4. The van der Waals surface area contributed by atoms with Crippen molar-refractivity contribution < 1.29 is 13.2 Å². The monoisotopic (exact) mass is 279 g/mol. The van der Waals surface area contributed by atoms with Crippen molar-refractivity contribution in [2.75, 3.05) is 0 Å². The third-order valence-electron chi connectivity index (χ3n) is 3.02. The van der Waals surface area contributed by atoms with Crippen LogP contribution in [-0.4, -0.2) is 0 Å². The Labute approximate surface area is 116 Å². The fourth-order valence-electron chi connectivity index (χ4n) is 1.98. The Morgan fingerprint density at radius 2 is 1.55 bits per heavy atom. The molecule has 0 saturated heterocycles. The molecule has 4 heteroatoms. The van der Waals surface area contributed by atoms with E-state index in [4.69, 9.17) is 0 Å². The lowest BCUT2D eigenvalue weighted by Crippen LogP contribution is -2.13. The van der Waals surface area contributed by atoms with Gasteiger partial charge in [-0.25, -0.2) is 0 Å². The van der Waals surface area contributed by atoms with Crippen LogP contribution >= 0.6 is 0 Å². The summed E-state index contributed by atoms with van der Waals surface area (Å²) < 4.78 is 37.2. The molecule has 0 saturated carbocycles. The van der Waals surface area contributed by atoms with E-state index in [2.05, 4.69) is 11.4 Å². The number of nitrogens with one attached hydrogen (secondary N) is 1. The Bertz CT molecular complexity index is 559. The predicted molar refractivity (Wildman–Crippen MR) is 73.2 cm³/mol. The summed E-state index contributed by atoms with van der Waals surface area (Å²) >= 11 is 0. The van der Waals surface area contributed by atoms with Crippen LogP contribution in [0.2, 0.25) is 0 Å². The first kappa shape index (κ1) is 14.6. The van der Waals surface area contributed by atoms with Crippen LogP contribution in [0.15, 0.2) is 48.5 Å². The van der Waals surface area contributed by atoms with E-state index in [9.17, 15) is 13.2 Å². The van der Waals surface area contributed by atoms with Crippen LogP contribution in [0.3, 0.4) is 0 Å². The van der Waals surface area contributed by atoms with Gasteiger partial charge in [0.15, 0.2) is 0 Å². The highest BCUT2D eigenvalue weighted by Crippen LogP contribution is 2.29. The minimum atomic E-state index is -4.27. The van der Waals surface area contributed by atoms with Crippen LogP contribution in [0.25, 0.3) is 0 Å². The molecule has 2 aromatic rings. The van der Waals surface area contributed by atoms with Crippen molar-refractivity contribution >= 4 is 0 Å². The topological polar surface area (TPSA) is 12.0 Å². The molecule has 106 valence electrons. The van der Waals surface area contributed by atoms with Gasteiger partial charge < -0.3 is 5.32 Å². The van der Waals surface area contributed by atoms with Gasteiger partial charge >= 0.3 is 6.18 Å². The van der Waals surface area contributed by atoms with Gasteiger partial charge in [-0.05, 0) is 30.2 Å². The standard InChI is InChI=1S/C16H16F3N/c1-12-3-2-4-14(9-12)11-20-10-13-5-7-15(8-6-13)16(17,18)19/h2-9,20H,10-11H2,1H3. The van der Waals surface area contributed by atoms with E-state index in [1.54, 1.807) is 0 Å². The lowest BCUT2D eigenvalue weighted by molar-refractivity contribution is -0.137. The van der Waals surface area contributed by atoms with Crippen molar-refractivity contribution in [1.29, 1.82) is 0 Å². The van der Waals surface area contributed by atoms with Crippen molar-refractivity contribution in [2.24, 2.45) is 0 Å². The van der Waals surface area contributed by atoms with Gasteiger partial charge in [-0.1, -0.05) is 42.0 Å². The summed E-state index contributed by atoms with van der Waals surface area (Å²) in [7, 11) is 0. The molecule has 0 aliphatic rings. The first-order chi connectivity index (χ1) is 9.45. The summed E-state index contributed by atoms with van der Waals surface area (Å²) in [6.45, 7) is 3.27. The van der Waals surface area contributed by atoms with Gasteiger partial charge in [0.25, 0.3) is 0 Å². The van der Waals surface area contributed by atoms with Gasteiger partial charge in [0.05, 0.1) is 5.56 Å². The molecule has 0 aliphatic heterocycles. The maximum Gasteiger partial charge on any atom is 0.416 e. The zero-order valence-corrected chi connectivity index (χ0v) is 11.2. The van der Waals surface area contributed by atoms with E-state index < -0.39 is 11.7 Å². The van der Waals surface area contributed by atoms with Crippen molar-refractivity contribution in [3.8, 4) is 0 Å². The van der Waals surface area contributed by atoms with Gasteiger partial charge in [0, 0.05) is 13.1 Å². The number of hydrogen-bond acceptors (Lipinski definition) is 1. The number of halogens is 3. The second-order valence-corrected chi connectivity index (χ2v) is 4.79. The summed E-state index contributed by atoms with van der Waals surface area (Å²) in [6.07, 6.45) is -4.27.